The molecule has 0 bridgehead atoms. The second kappa shape index (κ2) is 6.06. The smallest absolute Gasteiger partial charge is 0.335 e. The summed E-state index contributed by atoms with van der Waals surface area (Å²) in [7, 11) is 1.85. The number of rotatable bonds is 4. The molecule has 106 valence electrons. The first-order chi connectivity index (χ1) is 10.0. The Kier molecular flexibility index (Phi) is 4.19. The maximum atomic E-state index is 10.9. The molecule has 0 aliphatic heterocycles. The maximum absolute atomic E-state index is 10.9. The van der Waals surface area contributed by atoms with E-state index in [1.165, 1.54) is 12.1 Å². The van der Waals surface area contributed by atoms with Crippen LogP contribution in [0.3, 0.4) is 0 Å². The van der Waals surface area contributed by atoms with E-state index in [1.54, 1.807) is 6.07 Å². The average molecular weight is 281 g/mol. The molecular weight excluding hydrogens is 266 g/mol. The summed E-state index contributed by atoms with van der Waals surface area (Å²) in [5.41, 5.74) is 2.96. The van der Waals surface area contributed by atoms with E-state index in [0.717, 1.165) is 11.4 Å². The highest BCUT2D eigenvalue weighted by atomic mass is 16.4. The molecular formula is C16H15N3O2. The number of anilines is 1. The molecule has 21 heavy (non-hydrogen) atoms. The van der Waals surface area contributed by atoms with Crippen LogP contribution < -0.4 is 4.90 Å². The van der Waals surface area contributed by atoms with E-state index in [9.17, 15) is 10.1 Å². The van der Waals surface area contributed by atoms with Crippen LogP contribution >= 0.6 is 0 Å². The number of nitrogens with zero attached hydrogens (tertiary/aromatic N) is 3. The molecule has 1 aromatic carbocycles. The molecule has 0 saturated heterocycles. The van der Waals surface area contributed by atoms with Crippen LogP contribution in [-0.2, 0) is 6.54 Å². The van der Waals surface area contributed by atoms with Gasteiger partial charge in [0.05, 0.1) is 29.1 Å². The summed E-state index contributed by atoms with van der Waals surface area (Å²) in [4.78, 5) is 17.2. The van der Waals surface area contributed by atoms with E-state index in [1.807, 2.05) is 43.1 Å². The van der Waals surface area contributed by atoms with Crippen LogP contribution in [-0.4, -0.2) is 23.1 Å². The van der Waals surface area contributed by atoms with Gasteiger partial charge in [-0.15, -0.1) is 0 Å². The highest BCUT2D eigenvalue weighted by molar-refractivity contribution is 5.89. The number of hydrogen-bond donors (Lipinski definition) is 1. The standard InChI is InChI=1S/C16H15N3O2/c1-11-4-3-5-14(18-11)10-19(2)15-7-6-12(16(20)21)8-13(15)9-17/h3-8H,10H2,1-2H3,(H,20,21). The SMILES string of the molecule is Cc1cccc(CN(C)c2ccc(C(=O)O)cc2C#N)n1. The summed E-state index contributed by atoms with van der Waals surface area (Å²) >= 11 is 0. The third-order valence-electron chi connectivity index (χ3n) is 3.12. The molecule has 1 N–H and O–H groups in total. The molecule has 0 saturated carbocycles. The van der Waals surface area contributed by atoms with E-state index < -0.39 is 5.97 Å². The quantitative estimate of drug-likeness (QED) is 0.932. The zero-order chi connectivity index (χ0) is 15.4. The summed E-state index contributed by atoms with van der Waals surface area (Å²) in [5, 5.41) is 18.2. The van der Waals surface area contributed by atoms with Gasteiger partial charge in [0.1, 0.15) is 6.07 Å². The van der Waals surface area contributed by atoms with Crippen LogP contribution in [0.1, 0.15) is 27.3 Å². The van der Waals surface area contributed by atoms with Crippen molar-refractivity contribution < 1.29 is 9.90 Å². The van der Waals surface area contributed by atoms with Crippen molar-refractivity contribution in [3.8, 4) is 6.07 Å². The van der Waals surface area contributed by atoms with Crippen LogP contribution in [0.15, 0.2) is 36.4 Å². The van der Waals surface area contributed by atoms with Crippen molar-refractivity contribution in [2.75, 3.05) is 11.9 Å². The topological polar surface area (TPSA) is 77.2 Å². The Balaban J connectivity index is 2.29. The van der Waals surface area contributed by atoms with Crippen LogP contribution in [0.4, 0.5) is 5.69 Å². The lowest BCUT2D eigenvalue weighted by molar-refractivity contribution is 0.0697. The van der Waals surface area contributed by atoms with Gasteiger partial charge in [0.2, 0.25) is 0 Å². The zero-order valence-electron chi connectivity index (χ0n) is 11.9. The summed E-state index contributed by atoms with van der Waals surface area (Å²) in [6.07, 6.45) is 0. The van der Waals surface area contributed by atoms with Crippen molar-refractivity contribution in [1.29, 1.82) is 5.26 Å². The Labute approximate surface area is 123 Å². The molecule has 2 aromatic rings. The van der Waals surface area contributed by atoms with Gasteiger partial charge in [-0.2, -0.15) is 5.26 Å². The first kappa shape index (κ1) is 14.5. The Bertz CT molecular complexity index is 720. The Morgan fingerprint density at radius 3 is 2.76 bits per heavy atom. The minimum absolute atomic E-state index is 0.109. The normalized spacial score (nSPS) is 9.95. The second-order valence-electron chi connectivity index (χ2n) is 4.78. The van der Waals surface area contributed by atoms with Crippen LogP contribution in [0.5, 0.6) is 0 Å². The molecule has 0 spiro atoms. The highest BCUT2D eigenvalue weighted by Crippen LogP contribution is 2.22. The Morgan fingerprint density at radius 1 is 1.38 bits per heavy atom. The van der Waals surface area contributed by atoms with Gasteiger partial charge >= 0.3 is 5.97 Å². The lowest BCUT2D eigenvalue weighted by Gasteiger charge is -2.20. The van der Waals surface area contributed by atoms with Crippen molar-refractivity contribution in [2.45, 2.75) is 13.5 Å². The fourth-order valence-electron chi connectivity index (χ4n) is 2.11. The van der Waals surface area contributed by atoms with Crippen molar-refractivity contribution in [2.24, 2.45) is 0 Å². The zero-order valence-corrected chi connectivity index (χ0v) is 11.9. The number of carboxylic acids is 1. The molecule has 0 unspecified atom stereocenters. The van der Waals surface area contributed by atoms with E-state index in [0.29, 0.717) is 17.8 Å². The number of aromatic carboxylic acids is 1. The van der Waals surface area contributed by atoms with Crippen LogP contribution in [0, 0.1) is 18.3 Å². The Morgan fingerprint density at radius 2 is 2.14 bits per heavy atom. The van der Waals surface area contributed by atoms with Crippen molar-refractivity contribution in [1.82, 2.24) is 4.98 Å². The second-order valence-corrected chi connectivity index (χ2v) is 4.78. The maximum Gasteiger partial charge on any atom is 0.335 e. The van der Waals surface area contributed by atoms with E-state index in [2.05, 4.69) is 4.98 Å². The van der Waals surface area contributed by atoms with Gasteiger partial charge in [0.25, 0.3) is 0 Å². The van der Waals surface area contributed by atoms with Gasteiger partial charge in [0, 0.05) is 12.7 Å². The van der Waals surface area contributed by atoms with Gasteiger partial charge in [-0.1, -0.05) is 6.07 Å². The lowest BCUT2D eigenvalue weighted by Crippen LogP contribution is -2.18. The monoisotopic (exact) mass is 281 g/mol. The molecule has 0 aliphatic rings. The minimum Gasteiger partial charge on any atom is -0.478 e. The van der Waals surface area contributed by atoms with Gasteiger partial charge in [-0.05, 0) is 37.3 Å². The number of hydrogen-bond acceptors (Lipinski definition) is 4. The van der Waals surface area contributed by atoms with Gasteiger partial charge in [-0.3, -0.25) is 4.98 Å². The third-order valence-corrected chi connectivity index (χ3v) is 3.12. The molecule has 5 nitrogen and oxygen atoms in total. The fourth-order valence-corrected chi connectivity index (χ4v) is 2.11. The first-order valence-corrected chi connectivity index (χ1v) is 6.42. The van der Waals surface area contributed by atoms with E-state index >= 15 is 0 Å². The fraction of sp³-hybridized carbons (Fsp3) is 0.188. The summed E-state index contributed by atoms with van der Waals surface area (Å²) in [6.45, 7) is 2.47. The first-order valence-electron chi connectivity index (χ1n) is 6.42. The number of aromatic nitrogens is 1. The number of carboxylic acid groups (broad SMARTS) is 1. The molecule has 0 fully saturated rings. The predicted octanol–water partition coefficient (Wildman–Crippen LogP) is 2.60. The molecule has 1 heterocycles. The number of carbonyl (C=O) groups is 1. The highest BCUT2D eigenvalue weighted by Gasteiger charge is 2.12. The van der Waals surface area contributed by atoms with Crippen LogP contribution in [0.2, 0.25) is 0 Å². The van der Waals surface area contributed by atoms with Crippen molar-refractivity contribution in [3.63, 3.8) is 0 Å². The van der Waals surface area contributed by atoms with E-state index in [-0.39, 0.29) is 5.56 Å². The number of nitriles is 1. The molecule has 1 aromatic heterocycles. The summed E-state index contributed by atoms with van der Waals surface area (Å²) < 4.78 is 0. The molecule has 0 atom stereocenters. The van der Waals surface area contributed by atoms with Gasteiger partial charge in [0.15, 0.2) is 0 Å². The van der Waals surface area contributed by atoms with Crippen molar-refractivity contribution in [3.05, 3.63) is 58.9 Å². The van der Waals surface area contributed by atoms with Gasteiger partial charge < -0.3 is 10.0 Å². The molecule has 0 aliphatic carbocycles. The Hall–Kier alpha value is -2.87. The average Bonchev–Trinajstić information content (AvgIpc) is 2.46. The third kappa shape index (κ3) is 3.37. The number of aryl methyl sites for hydroxylation is 1. The minimum atomic E-state index is -1.04. The molecule has 0 amide bonds. The largest absolute Gasteiger partial charge is 0.478 e. The lowest BCUT2D eigenvalue weighted by atomic mass is 10.1. The van der Waals surface area contributed by atoms with E-state index in [4.69, 9.17) is 5.11 Å². The summed E-state index contributed by atoms with van der Waals surface area (Å²) in [5.74, 6) is -1.04. The van der Waals surface area contributed by atoms with Gasteiger partial charge in [-0.25, -0.2) is 4.79 Å². The van der Waals surface area contributed by atoms with Crippen molar-refractivity contribution >= 4 is 11.7 Å². The molecule has 2 rings (SSSR count). The molecule has 5 heteroatoms. The predicted molar refractivity (Wildman–Crippen MR) is 79.2 cm³/mol. The van der Waals surface area contributed by atoms with Crippen LogP contribution in [0.25, 0.3) is 0 Å². The number of benzene rings is 1. The summed E-state index contributed by atoms with van der Waals surface area (Å²) in [6, 6.07) is 12.4. The molecule has 0 radical (unpaired) electrons. The number of pyridine rings is 1.